The largest absolute Gasteiger partial charge is 0.401 e. The SMILES string of the molecule is CN(C)C(=O)CN(Cn1cc(Cl)cn1)CC(F)(F)F. The summed E-state index contributed by atoms with van der Waals surface area (Å²) in [6.45, 7) is -1.69. The number of rotatable bonds is 5. The van der Waals surface area contributed by atoms with Crippen molar-refractivity contribution in [3.05, 3.63) is 17.4 Å². The summed E-state index contributed by atoms with van der Waals surface area (Å²) in [6.07, 6.45) is -1.67. The Morgan fingerprint density at radius 1 is 1.47 bits per heavy atom. The van der Waals surface area contributed by atoms with Crippen LogP contribution in [-0.4, -0.2) is 58.8 Å². The highest BCUT2D eigenvalue weighted by Gasteiger charge is 2.31. The van der Waals surface area contributed by atoms with E-state index in [1.165, 1.54) is 36.1 Å². The van der Waals surface area contributed by atoms with Crippen LogP contribution >= 0.6 is 11.6 Å². The van der Waals surface area contributed by atoms with Crippen molar-refractivity contribution < 1.29 is 18.0 Å². The van der Waals surface area contributed by atoms with Gasteiger partial charge in [0.1, 0.15) is 0 Å². The molecule has 1 amide bonds. The third kappa shape index (κ3) is 5.93. The van der Waals surface area contributed by atoms with Gasteiger partial charge >= 0.3 is 6.18 Å². The van der Waals surface area contributed by atoms with Gasteiger partial charge in [-0.3, -0.25) is 14.4 Å². The van der Waals surface area contributed by atoms with Gasteiger partial charge < -0.3 is 4.90 Å². The molecule has 0 aliphatic rings. The van der Waals surface area contributed by atoms with Crippen LogP contribution in [0.4, 0.5) is 13.2 Å². The van der Waals surface area contributed by atoms with E-state index in [1.807, 2.05) is 0 Å². The molecule has 108 valence electrons. The van der Waals surface area contributed by atoms with Crippen molar-refractivity contribution in [3.63, 3.8) is 0 Å². The zero-order valence-corrected chi connectivity index (χ0v) is 11.2. The molecule has 1 heterocycles. The predicted octanol–water partition coefficient (Wildman–Crippen LogP) is 1.45. The van der Waals surface area contributed by atoms with E-state index >= 15 is 0 Å². The van der Waals surface area contributed by atoms with Gasteiger partial charge in [-0.25, -0.2) is 0 Å². The number of carbonyl (C=O) groups is 1. The van der Waals surface area contributed by atoms with Crippen LogP contribution in [0, 0.1) is 0 Å². The van der Waals surface area contributed by atoms with E-state index in [9.17, 15) is 18.0 Å². The van der Waals surface area contributed by atoms with Crippen LogP contribution in [0.15, 0.2) is 12.4 Å². The van der Waals surface area contributed by atoms with Crippen LogP contribution < -0.4 is 0 Å². The van der Waals surface area contributed by atoms with Gasteiger partial charge in [-0.2, -0.15) is 18.3 Å². The summed E-state index contributed by atoms with van der Waals surface area (Å²) in [7, 11) is 2.97. The Kier molecular flexibility index (Phi) is 5.19. The fourth-order valence-corrected chi connectivity index (χ4v) is 1.52. The fraction of sp³-hybridized carbons (Fsp3) is 0.600. The number of hydrogen-bond donors (Lipinski definition) is 0. The van der Waals surface area contributed by atoms with Crippen LogP contribution in [0.2, 0.25) is 5.02 Å². The summed E-state index contributed by atoms with van der Waals surface area (Å²) >= 11 is 5.63. The third-order valence-corrected chi connectivity index (χ3v) is 2.40. The molecular formula is C10H14ClF3N4O. The molecular weight excluding hydrogens is 285 g/mol. The minimum atomic E-state index is -4.39. The smallest absolute Gasteiger partial charge is 0.348 e. The van der Waals surface area contributed by atoms with Gasteiger partial charge in [-0.1, -0.05) is 11.6 Å². The maximum atomic E-state index is 12.4. The van der Waals surface area contributed by atoms with Crippen molar-refractivity contribution in [1.82, 2.24) is 19.6 Å². The number of alkyl halides is 3. The monoisotopic (exact) mass is 298 g/mol. The predicted molar refractivity (Wildman–Crippen MR) is 63.6 cm³/mol. The summed E-state index contributed by atoms with van der Waals surface area (Å²) in [5.74, 6) is -0.414. The summed E-state index contributed by atoms with van der Waals surface area (Å²) in [6, 6.07) is 0. The highest BCUT2D eigenvalue weighted by molar-refractivity contribution is 6.30. The van der Waals surface area contributed by atoms with Crippen molar-refractivity contribution in [2.75, 3.05) is 27.2 Å². The molecule has 0 aliphatic carbocycles. The zero-order chi connectivity index (χ0) is 14.6. The van der Waals surface area contributed by atoms with Crippen LogP contribution in [0.1, 0.15) is 0 Å². The Bertz CT molecular complexity index is 433. The summed E-state index contributed by atoms with van der Waals surface area (Å²) < 4.78 is 38.6. The Hall–Kier alpha value is -1.28. The van der Waals surface area contributed by atoms with Crippen molar-refractivity contribution in [2.45, 2.75) is 12.8 Å². The van der Waals surface area contributed by atoms with E-state index in [0.29, 0.717) is 5.02 Å². The maximum absolute atomic E-state index is 12.4. The Morgan fingerprint density at radius 2 is 2.11 bits per heavy atom. The third-order valence-electron chi connectivity index (χ3n) is 2.21. The summed E-state index contributed by atoms with van der Waals surface area (Å²) in [4.78, 5) is 13.7. The first-order valence-electron chi connectivity index (χ1n) is 5.34. The maximum Gasteiger partial charge on any atom is 0.401 e. The molecule has 9 heteroatoms. The second-order valence-corrected chi connectivity index (χ2v) is 4.67. The van der Waals surface area contributed by atoms with Crippen LogP contribution in [0.3, 0.4) is 0 Å². The number of halogens is 4. The van der Waals surface area contributed by atoms with Crippen LogP contribution in [0.25, 0.3) is 0 Å². The van der Waals surface area contributed by atoms with Crippen molar-refractivity contribution in [1.29, 1.82) is 0 Å². The topological polar surface area (TPSA) is 41.4 Å². The Balaban J connectivity index is 2.71. The van der Waals surface area contributed by atoms with Gasteiger partial charge in [0.2, 0.25) is 5.91 Å². The van der Waals surface area contributed by atoms with Gasteiger partial charge in [0.15, 0.2) is 0 Å². The van der Waals surface area contributed by atoms with Gasteiger partial charge in [-0.05, 0) is 0 Å². The molecule has 0 aromatic carbocycles. The molecule has 1 aromatic rings. The number of carbonyl (C=O) groups excluding carboxylic acids is 1. The van der Waals surface area contributed by atoms with Gasteiger partial charge in [0.05, 0.1) is 31.0 Å². The van der Waals surface area contributed by atoms with E-state index in [1.54, 1.807) is 0 Å². The number of aromatic nitrogens is 2. The minimum Gasteiger partial charge on any atom is -0.348 e. The molecule has 0 bridgehead atoms. The van der Waals surface area contributed by atoms with E-state index in [4.69, 9.17) is 11.6 Å². The average Bonchev–Trinajstić information content (AvgIpc) is 2.61. The first-order valence-corrected chi connectivity index (χ1v) is 5.72. The Morgan fingerprint density at radius 3 is 2.53 bits per heavy atom. The lowest BCUT2D eigenvalue weighted by Crippen LogP contribution is -2.42. The number of amides is 1. The van der Waals surface area contributed by atoms with Gasteiger partial charge in [-0.15, -0.1) is 0 Å². The lowest BCUT2D eigenvalue weighted by Gasteiger charge is -2.24. The fourth-order valence-electron chi connectivity index (χ4n) is 1.36. The van der Waals surface area contributed by atoms with E-state index in [0.717, 1.165) is 4.90 Å². The number of hydrogen-bond acceptors (Lipinski definition) is 3. The molecule has 0 saturated heterocycles. The average molecular weight is 299 g/mol. The molecule has 0 atom stereocenters. The lowest BCUT2D eigenvalue weighted by atomic mass is 10.4. The summed E-state index contributed by atoms with van der Waals surface area (Å²) in [5.41, 5.74) is 0. The molecule has 0 unspecified atom stereocenters. The lowest BCUT2D eigenvalue weighted by molar-refractivity contribution is -0.154. The highest BCUT2D eigenvalue weighted by Crippen LogP contribution is 2.17. The molecule has 0 radical (unpaired) electrons. The minimum absolute atomic E-state index is 0.161. The van der Waals surface area contributed by atoms with E-state index in [-0.39, 0.29) is 13.2 Å². The quantitative estimate of drug-likeness (QED) is 0.826. The van der Waals surface area contributed by atoms with Crippen molar-refractivity contribution in [2.24, 2.45) is 0 Å². The standard InChI is InChI=1S/C10H14ClF3N4O/c1-16(2)9(19)5-17(6-10(12,13)14)7-18-4-8(11)3-15-18/h3-4H,5-7H2,1-2H3. The van der Waals surface area contributed by atoms with Gasteiger partial charge in [0.25, 0.3) is 0 Å². The normalized spacial score (nSPS) is 11.9. The molecule has 19 heavy (non-hydrogen) atoms. The molecule has 0 aliphatic heterocycles. The summed E-state index contributed by atoms with van der Waals surface area (Å²) in [5, 5.41) is 4.11. The van der Waals surface area contributed by atoms with E-state index in [2.05, 4.69) is 5.10 Å². The second-order valence-electron chi connectivity index (χ2n) is 4.23. The molecule has 0 spiro atoms. The molecule has 0 fully saturated rings. The first kappa shape index (κ1) is 15.8. The molecule has 0 N–H and O–H groups in total. The highest BCUT2D eigenvalue weighted by atomic mass is 35.5. The molecule has 5 nitrogen and oxygen atoms in total. The number of likely N-dealkylation sites (N-methyl/N-ethyl adjacent to an activating group) is 1. The van der Waals surface area contributed by atoms with Crippen LogP contribution in [0.5, 0.6) is 0 Å². The van der Waals surface area contributed by atoms with Gasteiger partial charge in [0, 0.05) is 20.3 Å². The molecule has 1 aromatic heterocycles. The van der Waals surface area contributed by atoms with E-state index < -0.39 is 18.6 Å². The molecule has 1 rings (SSSR count). The second kappa shape index (κ2) is 6.25. The zero-order valence-electron chi connectivity index (χ0n) is 10.5. The van der Waals surface area contributed by atoms with Crippen molar-refractivity contribution in [3.8, 4) is 0 Å². The van der Waals surface area contributed by atoms with Crippen molar-refractivity contribution >= 4 is 17.5 Å². The first-order chi connectivity index (χ1) is 8.67. The van der Waals surface area contributed by atoms with Crippen LogP contribution in [-0.2, 0) is 11.5 Å². The number of nitrogens with zero attached hydrogens (tertiary/aromatic N) is 4. The Labute approximate surface area is 113 Å². The molecule has 0 saturated carbocycles.